The molecule has 2 atom stereocenters. The largest absolute Gasteiger partial charge is 0.497 e. The predicted molar refractivity (Wildman–Crippen MR) is 114 cm³/mol. The van der Waals surface area contributed by atoms with Crippen LogP contribution in [0.2, 0.25) is 0 Å². The van der Waals surface area contributed by atoms with E-state index in [2.05, 4.69) is 17.2 Å². The molecule has 0 radical (unpaired) electrons. The maximum Gasteiger partial charge on any atom is 0.226 e. The van der Waals surface area contributed by atoms with Gasteiger partial charge in [-0.15, -0.1) is 11.3 Å². The lowest BCUT2D eigenvalue weighted by molar-refractivity contribution is -0.129. The van der Waals surface area contributed by atoms with E-state index >= 15 is 0 Å². The van der Waals surface area contributed by atoms with Crippen molar-refractivity contribution in [1.29, 1.82) is 0 Å². The van der Waals surface area contributed by atoms with Crippen molar-refractivity contribution in [3.05, 3.63) is 45.9 Å². The van der Waals surface area contributed by atoms with Gasteiger partial charge in [-0.05, 0) is 31.0 Å². The molecule has 156 valence electrons. The normalized spacial score (nSPS) is 18.9. The van der Waals surface area contributed by atoms with Crippen molar-refractivity contribution in [3.8, 4) is 5.75 Å². The number of rotatable bonds is 9. The van der Waals surface area contributed by atoms with E-state index in [1.54, 1.807) is 18.4 Å². The minimum Gasteiger partial charge on any atom is -0.497 e. The molecule has 1 fully saturated rings. The first kappa shape index (κ1) is 21.3. The summed E-state index contributed by atoms with van der Waals surface area (Å²) < 4.78 is 5.25. The van der Waals surface area contributed by atoms with Crippen LogP contribution in [0, 0.1) is 12.8 Å². The fourth-order valence-corrected chi connectivity index (χ4v) is 4.45. The predicted octanol–water partition coefficient (Wildman–Crippen LogP) is 3.51. The summed E-state index contributed by atoms with van der Waals surface area (Å²) in [7, 11) is 1.63. The Morgan fingerprint density at radius 3 is 2.72 bits per heavy atom. The van der Waals surface area contributed by atoms with Crippen LogP contribution in [0.5, 0.6) is 5.75 Å². The number of hydrogen-bond acceptors (Lipinski definition) is 5. The second-order valence-electron chi connectivity index (χ2n) is 7.37. The van der Waals surface area contributed by atoms with E-state index in [-0.39, 0.29) is 30.2 Å². The molecular formula is C22H29N3O3S. The molecule has 0 aliphatic carbocycles. The number of nitrogens with zero attached hydrogens (tertiary/aromatic N) is 2. The Labute approximate surface area is 176 Å². The highest BCUT2D eigenvalue weighted by Crippen LogP contribution is 2.39. The highest BCUT2D eigenvalue weighted by molar-refractivity contribution is 7.09. The SMILES string of the molecule is CCCCN1C(=O)CC(C(=O)NCCc2csc(C)n2)C1c1ccc(OC)cc1. The van der Waals surface area contributed by atoms with Crippen LogP contribution in [0.25, 0.3) is 0 Å². The standard InChI is InChI=1S/C22H29N3O3S/c1-4-5-12-25-20(26)13-19(21(25)16-6-8-18(28-3)9-7-16)22(27)23-11-10-17-14-29-15(2)24-17/h6-9,14,19,21H,4-5,10-13H2,1-3H3,(H,23,27). The number of hydrogen-bond donors (Lipinski definition) is 1. The molecule has 1 aliphatic heterocycles. The van der Waals surface area contributed by atoms with Crippen molar-refractivity contribution in [3.63, 3.8) is 0 Å². The summed E-state index contributed by atoms with van der Waals surface area (Å²) in [5.41, 5.74) is 1.97. The number of amides is 2. The minimum atomic E-state index is -0.384. The molecule has 7 heteroatoms. The van der Waals surface area contributed by atoms with Crippen LogP contribution < -0.4 is 10.1 Å². The summed E-state index contributed by atoms with van der Waals surface area (Å²) in [6, 6.07) is 7.45. The number of benzene rings is 1. The van der Waals surface area contributed by atoms with Crippen LogP contribution in [-0.4, -0.2) is 41.9 Å². The quantitative estimate of drug-likeness (QED) is 0.680. The Kier molecular flexibility index (Phi) is 7.25. The molecule has 1 N–H and O–H groups in total. The second kappa shape index (κ2) is 9.87. The van der Waals surface area contributed by atoms with Crippen molar-refractivity contribution >= 4 is 23.2 Å². The highest BCUT2D eigenvalue weighted by atomic mass is 32.1. The lowest BCUT2D eigenvalue weighted by Gasteiger charge is -2.28. The molecule has 2 heterocycles. The van der Waals surface area contributed by atoms with Crippen LogP contribution in [0.3, 0.4) is 0 Å². The van der Waals surface area contributed by atoms with Crippen LogP contribution in [0.1, 0.15) is 48.5 Å². The number of carbonyl (C=O) groups excluding carboxylic acids is 2. The van der Waals surface area contributed by atoms with Crippen molar-refractivity contribution < 1.29 is 14.3 Å². The summed E-state index contributed by atoms with van der Waals surface area (Å²) >= 11 is 1.61. The Bertz CT molecular complexity index is 834. The lowest BCUT2D eigenvalue weighted by Crippen LogP contribution is -2.36. The number of aromatic nitrogens is 1. The highest BCUT2D eigenvalue weighted by Gasteiger charge is 2.44. The Hall–Kier alpha value is -2.41. The van der Waals surface area contributed by atoms with Gasteiger partial charge >= 0.3 is 0 Å². The number of nitrogens with one attached hydrogen (secondary N) is 1. The van der Waals surface area contributed by atoms with Crippen LogP contribution >= 0.6 is 11.3 Å². The smallest absolute Gasteiger partial charge is 0.226 e. The Balaban J connectivity index is 1.72. The van der Waals surface area contributed by atoms with Gasteiger partial charge in [-0.1, -0.05) is 25.5 Å². The molecule has 2 amide bonds. The maximum atomic E-state index is 13.0. The van der Waals surface area contributed by atoms with Gasteiger partial charge in [-0.2, -0.15) is 0 Å². The number of aryl methyl sites for hydroxylation is 1. The van der Waals surface area contributed by atoms with Crippen molar-refractivity contribution in [2.24, 2.45) is 5.92 Å². The third-order valence-corrected chi connectivity index (χ3v) is 6.15. The van der Waals surface area contributed by atoms with Gasteiger partial charge in [0, 0.05) is 31.3 Å². The fraction of sp³-hybridized carbons (Fsp3) is 0.500. The summed E-state index contributed by atoms with van der Waals surface area (Å²) in [6.07, 6.45) is 2.88. The zero-order valence-corrected chi connectivity index (χ0v) is 18.1. The van der Waals surface area contributed by atoms with E-state index in [1.165, 1.54) is 0 Å². The number of methoxy groups -OCH3 is 1. The van der Waals surface area contributed by atoms with E-state index in [4.69, 9.17) is 4.74 Å². The van der Waals surface area contributed by atoms with E-state index in [9.17, 15) is 9.59 Å². The molecule has 6 nitrogen and oxygen atoms in total. The third kappa shape index (κ3) is 5.15. The Morgan fingerprint density at radius 2 is 2.10 bits per heavy atom. The fourth-order valence-electron chi connectivity index (χ4n) is 3.80. The van der Waals surface area contributed by atoms with Crippen molar-refractivity contribution in [2.45, 2.75) is 45.6 Å². The average Bonchev–Trinajstić information content (AvgIpc) is 3.29. The number of unbranched alkanes of at least 4 members (excludes halogenated alkanes) is 1. The molecule has 1 saturated heterocycles. The van der Waals surface area contributed by atoms with Gasteiger partial charge in [-0.3, -0.25) is 9.59 Å². The number of carbonyl (C=O) groups is 2. The number of likely N-dealkylation sites (tertiary alicyclic amines) is 1. The summed E-state index contributed by atoms with van der Waals surface area (Å²) in [5, 5.41) is 6.07. The molecule has 29 heavy (non-hydrogen) atoms. The zero-order chi connectivity index (χ0) is 20.8. The van der Waals surface area contributed by atoms with Gasteiger partial charge in [0.25, 0.3) is 0 Å². The van der Waals surface area contributed by atoms with Gasteiger partial charge in [0.2, 0.25) is 11.8 Å². The molecule has 2 aromatic rings. The molecule has 0 spiro atoms. The first-order valence-electron chi connectivity index (χ1n) is 10.2. The number of thiazole rings is 1. The van der Waals surface area contributed by atoms with Crippen LogP contribution in [-0.2, 0) is 16.0 Å². The van der Waals surface area contributed by atoms with Crippen LogP contribution in [0.15, 0.2) is 29.6 Å². The molecule has 1 aromatic carbocycles. The van der Waals surface area contributed by atoms with E-state index in [1.807, 2.05) is 41.5 Å². The first-order valence-corrected chi connectivity index (χ1v) is 11.0. The van der Waals surface area contributed by atoms with E-state index in [0.717, 1.165) is 34.9 Å². The van der Waals surface area contributed by atoms with Gasteiger partial charge in [0.15, 0.2) is 0 Å². The summed E-state index contributed by atoms with van der Waals surface area (Å²) in [6.45, 7) is 5.28. The van der Waals surface area contributed by atoms with E-state index < -0.39 is 0 Å². The molecule has 0 bridgehead atoms. The average molecular weight is 416 g/mol. The van der Waals surface area contributed by atoms with E-state index in [0.29, 0.717) is 19.5 Å². The Morgan fingerprint density at radius 1 is 1.34 bits per heavy atom. The molecule has 3 rings (SSSR count). The monoisotopic (exact) mass is 415 g/mol. The van der Waals surface area contributed by atoms with Crippen molar-refractivity contribution in [1.82, 2.24) is 15.2 Å². The van der Waals surface area contributed by atoms with Gasteiger partial charge < -0.3 is 15.0 Å². The molecule has 2 unspecified atom stereocenters. The molecule has 1 aliphatic rings. The maximum absolute atomic E-state index is 13.0. The topological polar surface area (TPSA) is 71.5 Å². The first-order chi connectivity index (χ1) is 14.0. The molecular weight excluding hydrogens is 386 g/mol. The van der Waals surface area contributed by atoms with Crippen molar-refractivity contribution in [2.75, 3.05) is 20.2 Å². The van der Waals surface area contributed by atoms with Gasteiger partial charge in [-0.25, -0.2) is 4.98 Å². The van der Waals surface area contributed by atoms with Gasteiger partial charge in [0.1, 0.15) is 5.75 Å². The zero-order valence-electron chi connectivity index (χ0n) is 17.3. The number of ether oxygens (including phenoxy) is 1. The minimum absolute atomic E-state index is 0.0505. The summed E-state index contributed by atoms with van der Waals surface area (Å²) in [5.74, 6) is 0.363. The van der Waals surface area contributed by atoms with Gasteiger partial charge in [0.05, 0.1) is 29.8 Å². The molecule has 0 saturated carbocycles. The third-order valence-electron chi connectivity index (χ3n) is 5.33. The molecule has 1 aromatic heterocycles. The summed E-state index contributed by atoms with van der Waals surface area (Å²) in [4.78, 5) is 32.0. The lowest BCUT2D eigenvalue weighted by atomic mass is 9.92. The van der Waals surface area contributed by atoms with Crippen LogP contribution in [0.4, 0.5) is 0 Å². The second-order valence-corrected chi connectivity index (χ2v) is 8.43.